The van der Waals surface area contributed by atoms with E-state index in [-0.39, 0.29) is 6.04 Å². The lowest BCUT2D eigenvalue weighted by Crippen LogP contribution is -2.33. The number of aryl methyl sites for hydroxylation is 1. The summed E-state index contributed by atoms with van der Waals surface area (Å²) in [5, 5.41) is 9.33. The number of nitriles is 1. The highest BCUT2D eigenvalue weighted by Gasteiger charge is 2.12. The zero-order valence-electron chi connectivity index (χ0n) is 10.4. The Kier molecular flexibility index (Phi) is 5.27. The molecule has 4 heteroatoms. The fourth-order valence-electron chi connectivity index (χ4n) is 1.40. The van der Waals surface area contributed by atoms with E-state index in [2.05, 4.69) is 6.07 Å². The first-order chi connectivity index (χ1) is 8.04. The van der Waals surface area contributed by atoms with Crippen LogP contribution in [0.3, 0.4) is 0 Å². The predicted molar refractivity (Wildman–Crippen MR) is 69.4 cm³/mol. The summed E-state index contributed by atoms with van der Waals surface area (Å²) in [6.45, 7) is 2.45. The molecule has 1 atom stereocenters. The van der Waals surface area contributed by atoms with Crippen molar-refractivity contribution in [2.24, 2.45) is 0 Å². The highest BCUT2D eigenvalue weighted by Crippen LogP contribution is 2.25. The molecule has 1 aromatic carbocycles. The minimum absolute atomic E-state index is 0.0802. The molecule has 0 fully saturated rings. The van der Waals surface area contributed by atoms with Gasteiger partial charge in [0.25, 0.3) is 0 Å². The lowest BCUT2D eigenvalue weighted by atomic mass is 10.2. The van der Waals surface area contributed by atoms with Crippen LogP contribution in [0.25, 0.3) is 0 Å². The Morgan fingerprint density at radius 1 is 1.47 bits per heavy atom. The Morgan fingerprint density at radius 3 is 2.76 bits per heavy atom. The maximum Gasteiger partial charge on any atom is 0.138 e. The number of likely N-dealkylation sites (N-methyl/N-ethyl adjacent to an activating group) is 1. The molecule has 3 nitrogen and oxygen atoms in total. The van der Waals surface area contributed by atoms with Gasteiger partial charge in [0.1, 0.15) is 12.4 Å². The number of nitrogens with zero attached hydrogens (tertiary/aromatic N) is 2. The van der Waals surface area contributed by atoms with Crippen molar-refractivity contribution in [3.05, 3.63) is 28.8 Å². The lowest BCUT2D eigenvalue weighted by Gasteiger charge is -2.22. The maximum atomic E-state index is 8.72. The quantitative estimate of drug-likeness (QED) is 0.809. The average molecular weight is 253 g/mol. The van der Waals surface area contributed by atoms with Gasteiger partial charge in [0.15, 0.2) is 0 Å². The minimum Gasteiger partial charge on any atom is -0.490 e. The second-order valence-corrected chi connectivity index (χ2v) is 4.63. The number of rotatable bonds is 5. The molecule has 0 heterocycles. The van der Waals surface area contributed by atoms with Gasteiger partial charge in [0.05, 0.1) is 23.6 Å². The molecule has 0 saturated carbocycles. The van der Waals surface area contributed by atoms with Gasteiger partial charge in [-0.2, -0.15) is 5.26 Å². The number of benzene rings is 1. The third-order valence-corrected chi connectivity index (χ3v) is 2.89. The van der Waals surface area contributed by atoms with Gasteiger partial charge >= 0.3 is 0 Å². The molecule has 0 N–H and O–H groups in total. The predicted octanol–water partition coefficient (Wildman–Crippen LogP) is 2.87. The van der Waals surface area contributed by atoms with Gasteiger partial charge in [-0.15, -0.1) is 0 Å². The van der Waals surface area contributed by atoms with E-state index in [0.717, 1.165) is 5.56 Å². The van der Waals surface area contributed by atoms with Crippen LogP contribution in [0, 0.1) is 18.3 Å². The second-order valence-electron chi connectivity index (χ2n) is 4.22. The van der Waals surface area contributed by atoms with Crippen LogP contribution in [0.5, 0.6) is 5.75 Å². The molecule has 0 amide bonds. The summed E-state index contributed by atoms with van der Waals surface area (Å²) in [4.78, 5) is 1.98. The molecule has 0 aromatic heterocycles. The van der Waals surface area contributed by atoms with Crippen LogP contribution >= 0.6 is 11.6 Å². The topological polar surface area (TPSA) is 36.3 Å². The van der Waals surface area contributed by atoms with E-state index in [9.17, 15) is 0 Å². The Labute approximate surface area is 108 Å². The zero-order valence-corrected chi connectivity index (χ0v) is 11.2. The molecule has 0 aliphatic carbocycles. The van der Waals surface area contributed by atoms with Gasteiger partial charge in [-0.05, 0) is 38.7 Å². The molecule has 0 bridgehead atoms. The summed E-state index contributed by atoms with van der Waals surface area (Å²) < 4.78 is 5.67. The van der Waals surface area contributed by atoms with Crippen molar-refractivity contribution in [1.29, 1.82) is 5.26 Å². The molecule has 0 saturated heterocycles. The highest BCUT2D eigenvalue weighted by atomic mass is 35.5. The normalized spacial score (nSPS) is 12.2. The molecular formula is C13H17ClN2O. The van der Waals surface area contributed by atoms with Gasteiger partial charge in [-0.3, -0.25) is 0 Å². The molecule has 1 aromatic rings. The Bertz CT molecular complexity index is 412. The smallest absolute Gasteiger partial charge is 0.138 e. The standard InChI is InChI=1S/C13H17ClN2O/c1-10-4-5-12(14)13(8-10)17-9-11(6-7-15)16(2)3/h4-5,8,11H,6,9H2,1-3H3. The van der Waals surface area contributed by atoms with Crippen LogP contribution in [-0.2, 0) is 0 Å². The van der Waals surface area contributed by atoms with Gasteiger partial charge in [-0.1, -0.05) is 17.7 Å². The fourth-order valence-corrected chi connectivity index (χ4v) is 1.58. The third kappa shape index (κ3) is 4.26. The van der Waals surface area contributed by atoms with Crippen LogP contribution < -0.4 is 4.74 Å². The minimum atomic E-state index is 0.0802. The number of hydrogen-bond donors (Lipinski definition) is 0. The van der Waals surface area contributed by atoms with Crippen LogP contribution in [-0.4, -0.2) is 31.6 Å². The van der Waals surface area contributed by atoms with Crippen molar-refractivity contribution in [2.45, 2.75) is 19.4 Å². The molecule has 1 unspecified atom stereocenters. The van der Waals surface area contributed by atoms with E-state index < -0.39 is 0 Å². The van der Waals surface area contributed by atoms with Crippen LogP contribution in [0.1, 0.15) is 12.0 Å². The zero-order chi connectivity index (χ0) is 12.8. The largest absolute Gasteiger partial charge is 0.490 e. The molecule has 1 rings (SSSR count). The summed E-state index contributed by atoms with van der Waals surface area (Å²) in [6, 6.07) is 7.90. The lowest BCUT2D eigenvalue weighted by molar-refractivity contribution is 0.188. The van der Waals surface area contributed by atoms with Gasteiger partial charge in [0, 0.05) is 0 Å². The van der Waals surface area contributed by atoms with E-state index in [1.807, 2.05) is 44.1 Å². The van der Waals surface area contributed by atoms with Crippen molar-refractivity contribution < 1.29 is 4.74 Å². The van der Waals surface area contributed by atoms with E-state index in [1.54, 1.807) is 0 Å². The number of halogens is 1. The molecular weight excluding hydrogens is 236 g/mol. The highest BCUT2D eigenvalue weighted by molar-refractivity contribution is 6.32. The van der Waals surface area contributed by atoms with Gasteiger partial charge in [0.2, 0.25) is 0 Å². The summed E-state index contributed by atoms with van der Waals surface area (Å²) in [5.74, 6) is 0.677. The van der Waals surface area contributed by atoms with E-state index in [1.165, 1.54) is 0 Å². The second kappa shape index (κ2) is 6.48. The first-order valence-electron chi connectivity index (χ1n) is 5.47. The Morgan fingerprint density at radius 2 is 2.18 bits per heavy atom. The van der Waals surface area contributed by atoms with Gasteiger partial charge < -0.3 is 9.64 Å². The Hall–Kier alpha value is -1.24. The van der Waals surface area contributed by atoms with Crippen LogP contribution in [0.4, 0.5) is 0 Å². The summed E-state index contributed by atoms with van der Waals surface area (Å²) in [5.41, 5.74) is 1.10. The molecule has 0 aliphatic rings. The van der Waals surface area contributed by atoms with Gasteiger partial charge in [-0.25, -0.2) is 0 Å². The average Bonchev–Trinajstić information content (AvgIpc) is 2.28. The fraction of sp³-hybridized carbons (Fsp3) is 0.462. The number of hydrogen-bond acceptors (Lipinski definition) is 3. The summed E-state index contributed by atoms with van der Waals surface area (Å²) in [6.07, 6.45) is 0.441. The van der Waals surface area contributed by atoms with Crippen molar-refractivity contribution in [3.63, 3.8) is 0 Å². The molecule has 0 aliphatic heterocycles. The molecule has 0 spiro atoms. The third-order valence-electron chi connectivity index (χ3n) is 2.58. The molecule has 17 heavy (non-hydrogen) atoms. The molecule has 92 valence electrons. The van der Waals surface area contributed by atoms with Crippen molar-refractivity contribution in [1.82, 2.24) is 4.90 Å². The summed E-state index contributed by atoms with van der Waals surface area (Å²) in [7, 11) is 3.87. The van der Waals surface area contributed by atoms with Crippen molar-refractivity contribution in [3.8, 4) is 11.8 Å². The monoisotopic (exact) mass is 252 g/mol. The van der Waals surface area contributed by atoms with E-state index in [0.29, 0.717) is 23.8 Å². The molecule has 0 radical (unpaired) electrons. The Balaban J connectivity index is 2.65. The number of ether oxygens (including phenoxy) is 1. The SMILES string of the molecule is Cc1ccc(Cl)c(OCC(CC#N)N(C)C)c1. The maximum absolute atomic E-state index is 8.72. The van der Waals surface area contributed by atoms with Crippen molar-refractivity contribution in [2.75, 3.05) is 20.7 Å². The first-order valence-corrected chi connectivity index (χ1v) is 5.84. The summed E-state index contributed by atoms with van der Waals surface area (Å²) >= 11 is 6.03. The van der Waals surface area contributed by atoms with E-state index in [4.69, 9.17) is 21.6 Å². The van der Waals surface area contributed by atoms with Crippen LogP contribution in [0.2, 0.25) is 5.02 Å². The van der Waals surface area contributed by atoms with E-state index >= 15 is 0 Å². The van der Waals surface area contributed by atoms with Crippen molar-refractivity contribution >= 4 is 11.6 Å². The van der Waals surface area contributed by atoms with Crippen LogP contribution in [0.15, 0.2) is 18.2 Å². The first kappa shape index (κ1) is 13.8.